The van der Waals surface area contributed by atoms with E-state index in [1.807, 2.05) is 0 Å². The molecule has 0 bridgehead atoms. The maximum absolute atomic E-state index is 4.78. The third-order valence-electron chi connectivity index (χ3n) is 3.30. The van der Waals surface area contributed by atoms with Crippen molar-refractivity contribution < 1.29 is 0 Å². The summed E-state index contributed by atoms with van der Waals surface area (Å²) in [5.41, 5.74) is 2.68. The highest BCUT2D eigenvalue weighted by molar-refractivity contribution is 5.42. The first-order valence-corrected chi connectivity index (χ1v) is 6.11. The highest BCUT2D eigenvalue weighted by Crippen LogP contribution is 2.17. The summed E-state index contributed by atoms with van der Waals surface area (Å²) in [5.74, 6) is 1.09. The first-order valence-electron chi connectivity index (χ1n) is 6.11. The van der Waals surface area contributed by atoms with Gasteiger partial charge in [-0.25, -0.2) is 4.98 Å². The number of fused-ring (bicyclic) bond motifs is 1. The van der Waals surface area contributed by atoms with Crippen molar-refractivity contribution in [1.29, 1.82) is 0 Å². The fourth-order valence-electron chi connectivity index (χ4n) is 1.98. The molecule has 0 atom stereocenters. The lowest BCUT2D eigenvalue weighted by Gasteiger charge is -2.23. The van der Waals surface area contributed by atoms with E-state index in [-0.39, 0.29) is 0 Å². The molecule has 1 aromatic heterocycles. The fourth-order valence-corrected chi connectivity index (χ4v) is 1.98. The largest absolute Gasteiger partial charge is 0.357 e. The molecule has 0 aromatic carbocycles. The zero-order chi connectivity index (χ0) is 11.5. The summed E-state index contributed by atoms with van der Waals surface area (Å²) in [6.07, 6.45) is 2.16. The average molecular weight is 219 g/mol. The van der Waals surface area contributed by atoms with Crippen molar-refractivity contribution in [2.45, 2.75) is 32.7 Å². The minimum atomic E-state index is 0.495. The van der Waals surface area contributed by atoms with Crippen molar-refractivity contribution in [2.24, 2.45) is 0 Å². The number of nitrogens with zero attached hydrogens (tertiary/aromatic N) is 2. The molecule has 2 rings (SSSR count). The minimum absolute atomic E-state index is 0.495. The average Bonchev–Trinajstić information content (AvgIpc) is 2.51. The molecule has 1 aliphatic heterocycles. The molecular formula is C13H21N3. The van der Waals surface area contributed by atoms with Gasteiger partial charge in [0, 0.05) is 31.7 Å². The van der Waals surface area contributed by atoms with Crippen molar-refractivity contribution in [2.75, 3.05) is 25.0 Å². The molecule has 3 heteroatoms. The SMILES string of the molecule is CC(C)N(C)c1ccc2c(n1)CCNCC2. The van der Waals surface area contributed by atoms with E-state index < -0.39 is 0 Å². The molecule has 1 aromatic rings. The molecule has 1 N–H and O–H groups in total. The molecule has 0 fully saturated rings. The molecule has 0 unspecified atom stereocenters. The van der Waals surface area contributed by atoms with E-state index >= 15 is 0 Å². The van der Waals surface area contributed by atoms with Crippen LogP contribution in [0.5, 0.6) is 0 Å². The van der Waals surface area contributed by atoms with Gasteiger partial charge in [-0.3, -0.25) is 0 Å². The summed E-state index contributed by atoms with van der Waals surface area (Å²) in [4.78, 5) is 7.00. The lowest BCUT2D eigenvalue weighted by molar-refractivity contribution is 0.706. The van der Waals surface area contributed by atoms with Gasteiger partial charge in [-0.15, -0.1) is 0 Å². The van der Waals surface area contributed by atoms with E-state index in [4.69, 9.17) is 4.98 Å². The molecule has 0 radical (unpaired) electrons. The Labute approximate surface area is 97.9 Å². The van der Waals surface area contributed by atoms with E-state index in [1.165, 1.54) is 11.3 Å². The number of nitrogens with one attached hydrogen (secondary N) is 1. The summed E-state index contributed by atoms with van der Waals surface area (Å²) in [7, 11) is 2.11. The zero-order valence-electron chi connectivity index (χ0n) is 10.5. The summed E-state index contributed by atoms with van der Waals surface area (Å²) in [5, 5.41) is 3.41. The second kappa shape index (κ2) is 4.83. The van der Waals surface area contributed by atoms with Crippen LogP contribution in [0.15, 0.2) is 12.1 Å². The normalized spacial score (nSPS) is 15.8. The molecule has 88 valence electrons. The Morgan fingerprint density at radius 2 is 2.00 bits per heavy atom. The van der Waals surface area contributed by atoms with Crippen LogP contribution in [0.3, 0.4) is 0 Å². The third-order valence-corrected chi connectivity index (χ3v) is 3.30. The minimum Gasteiger partial charge on any atom is -0.357 e. The monoisotopic (exact) mass is 219 g/mol. The lowest BCUT2D eigenvalue weighted by Crippen LogP contribution is -2.27. The van der Waals surface area contributed by atoms with Gasteiger partial charge >= 0.3 is 0 Å². The first kappa shape index (κ1) is 11.4. The van der Waals surface area contributed by atoms with Crippen molar-refractivity contribution in [3.05, 3.63) is 23.4 Å². The number of rotatable bonds is 2. The quantitative estimate of drug-likeness (QED) is 0.819. The van der Waals surface area contributed by atoms with Crippen LogP contribution >= 0.6 is 0 Å². The molecule has 3 nitrogen and oxygen atoms in total. The van der Waals surface area contributed by atoms with Gasteiger partial charge in [-0.05, 0) is 38.4 Å². The Morgan fingerprint density at radius 1 is 1.25 bits per heavy atom. The van der Waals surface area contributed by atoms with E-state index in [0.29, 0.717) is 6.04 Å². The highest BCUT2D eigenvalue weighted by Gasteiger charge is 2.12. The molecule has 2 heterocycles. The predicted molar refractivity (Wildman–Crippen MR) is 68.1 cm³/mol. The summed E-state index contributed by atoms with van der Waals surface area (Å²) >= 11 is 0. The molecule has 0 spiro atoms. The molecule has 1 aliphatic rings. The van der Waals surface area contributed by atoms with E-state index in [0.717, 1.165) is 31.7 Å². The molecule has 16 heavy (non-hydrogen) atoms. The molecule has 0 aliphatic carbocycles. The Kier molecular flexibility index (Phi) is 3.44. The molecule has 0 saturated heterocycles. The predicted octanol–water partition coefficient (Wildman–Crippen LogP) is 1.61. The topological polar surface area (TPSA) is 28.2 Å². The van der Waals surface area contributed by atoms with Gasteiger partial charge in [-0.1, -0.05) is 6.07 Å². The lowest BCUT2D eigenvalue weighted by atomic mass is 10.1. The van der Waals surface area contributed by atoms with Gasteiger partial charge in [-0.2, -0.15) is 0 Å². The smallest absolute Gasteiger partial charge is 0.128 e. The number of hydrogen-bond donors (Lipinski definition) is 1. The van der Waals surface area contributed by atoms with Crippen LogP contribution in [-0.2, 0) is 12.8 Å². The van der Waals surface area contributed by atoms with Gasteiger partial charge in [0.25, 0.3) is 0 Å². The first-order chi connectivity index (χ1) is 7.68. The Hall–Kier alpha value is -1.09. The van der Waals surface area contributed by atoms with Crippen molar-refractivity contribution in [1.82, 2.24) is 10.3 Å². The van der Waals surface area contributed by atoms with Crippen molar-refractivity contribution in [3.8, 4) is 0 Å². The Bertz CT molecular complexity index is 360. The standard InChI is InChI=1S/C13H21N3/c1-10(2)16(3)13-5-4-11-6-8-14-9-7-12(11)15-13/h4-5,10,14H,6-9H2,1-3H3. The van der Waals surface area contributed by atoms with E-state index in [1.54, 1.807) is 0 Å². The molecule has 0 saturated carbocycles. The van der Waals surface area contributed by atoms with Gasteiger partial charge in [0.15, 0.2) is 0 Å². The van der Waals surface area contributed by atoms with Crippen LogP contribution in [0.2, 0.25) is 0 Å². The van der Waals surface area contributed by atoms with Gasteiger partial charge in [0.05, 0.1) is 0 Å². The van der Waals surface area contributed by atoms with Crippen LogP contribution in [0.4, 0.5) is 5.82 Å². The van der Waals surface area contributed by atoms with Gasteiger partial charge in [0.1, 0.15) is 5.82 Å². The van der Waals surface area contributed by atoms with Crippen LogP contribution in [0.25, 0.3) is 0 Å². The van der Waals surface area contributed by atoms with Crippen LogP contribution in [-0.4, -0.2) is 31.2 Å². The Balaban J connectivity index is 2.27. The van der Waals surface area contributed by atoms with Crippen LogP contribution in [0.1, 0.15) is 25.1 Å². The number of pyridine rings is 1. The third kappa shape index (κ3) is 2.35. The van der Waals surface area contributed by atoms with E-state index in [9.17, 15) is 0 Å². The summed E-state index contributed by atoms with van der Waals surface area (Å²) < 4.78 is 0. The second-order valence-corrected chi connectivity index (χ2v) is 4.73. The second-order valence-electron chi connectivity index (χ2n) is 4.73. The van der Waals surface area contributed by atoms with E-state index in [2.05, 4.69) is 43.2 Å². The Morgan fingerprint density at radius 3 is 2.75 bits per heavy atom. The zero-order valence-corrected chi connectivity index (χ0v) is 10.5. The van der Waals surface area contributed by atoms with Gasteiger partial charge in [0.2, 0.25) is 0 Å². The number of hydrogen-bond acceptors (Lipinski definition) is 3. The molecule has 0 amide bonds. The summed E-state index contributed by atoms with van der Waals surface area (Å²) in [6.45, 7) is 6.51. The number of anilines is 1. The summed E-state index contributed by atoms with van der Waals surface area (Å²) in [6, 6.07) is 4.88. The van der Waals surface area contributed by atoms with Gasteiger partial charge < -0.3 is 10.2 Å². The van der Waals surface area contributed by atoms with Crippen molar-refractivity contribution in [3.63, 3.8) is 0 Å². The maximum Gasteiger partial charge on any atom is 0.128 e. The van der Waals surface area contributed by atoms with Crippen LogP contribution < -0.4 is 10.2 Å². The fraction of sp³-hybridized carbons (Fsp3) is 0.615. The van der Waals surface area contributed by atoms with Crippen LogP contribution in [0, 0.1) is 0 Å². The maximum atomic E-state index is 4.78. The number of aromatic nitrogens is 1. The highest BCUT2D eigenvalue weighted by atomic mass is 15.2. The van der Waals surface area contributed by atoms with Crippen molar-refractivity contribution >= 4 is 5.82 Å². The molecular weight excluding hydrogens is 198 g/mol.